The van der Waals surface area contributed by atoms with Crippen LogP contribution in [0.15, 0.2) is 77.5 Å². The van der Waals surface area contributed by atoms with Crippen LogP contribution in [0.4, 0.5) is 5.69 Å². The van der Waals surface area contributed by atoms with Crippen LogP contribution in [0.2, 0.25) is 0 Å². The first-order chi connectivity index (χ1) is 12.2. The topological polar surface area (TPSA) is 12.4 Å². The first-order valence-corrected chi connectivity index (χ1v) is 8.38. The summed E-state index contributed by atoms with van der Waals surface area (Å²) in [5.74, 6) is 3.07. The molecule has 0 atom stereocenters. The standard InChI is InChI=1S/C15H11N.C9H12/c1-16-13-9-8-12-7-6-11-4-2-3-5-14(11)15(12)10-13;1-4-5-6-7-8-9(2)3/h2-10H,1H2;1,6,8-9H,5H2,2-3H3. The van der Waals surface area contributed by atoms with Crippen molar-refractivity contribution in [2.24, 2.45) is 10.9 Å². The number of fused-ring (bicyclic) bond motifs is 3. The summed E-state index contributed by atoms with van der Waals surface area (Å²) in [4.78, 5) is 3.98. The third-order valence-electron chi connectivity index (χ3n) is 3.68. The smallest absolute Gasteiger partial charge is 0.0628 e. The minimum absolute atomic E-state index is 0.569. The molecular formula is C24H23N. The SMILES string of the molecule is C#CCC=C=CC(C)C.C=Nc1ccc2ccc3ccccc3c2c1. The lowest BCUT2D eigenvalue weighted by atomic mass is 10.0. The number of benzene rings is 3. The summed E-state index contributed by atoms with van der Waals surface area (Å²) in [6.07, 6.45) is 9.55. The first-order valence-electron chi connectivity index (χ1n) is 8.38. The highest BCUT2D eigenvalue weighted by molar-refractivity contribution is 6.08. The van der Waals surface area contributed by atoms with Crippen molar-refractivity contribution < 1.29 is 0 Å². The van der Waals surface area contributed by atoms with Crippen LogP contribution in [0.5, 0.6) is 0 Å². The van der Waals surface area contributed by atoms with Gasteiger partial charge in [-0.05, 0) is 58.5 Å². The Labute approximate surface area is 150 Å². The predicted octanol–water partition coefficient (Wildman–Crippen LogP) is 6.70. The lowest BCUT2D eigenvalue weighted by Crippen LogP contribution is -1.76. The third-order valence-corrected chi connectivity index (χ3v) is 3.68. The van der Waals surface area contributed by atoms with Crippen LogP contribution in [0.3, 0.4) is 0 Å². The zero-order chi connectivity index (χ0) is 18.1. The highest BCUT2D eigenvalue weighted by Crippen LogP contribution is 2.28. The minimum atomic E-state index is 0.569. The number of aliphatic imine (C=N–C) groups is 1. The number of hydrogen-bond donors (Lipinski definition) is 0. The largest absolute Gasteiger partial charge is 0.265 e. The van der Waals surface area contributed by atoms with E-state index in [4.69, 9.17) is 6.42 Å². The van der Waals surface area contributed by atoms with Crippen molar-refractivity contribution in [3.63, 3.8) is 0 Å². The predicted molar refractivity (Wildman–Crippen MR) is 112 cm³/mol. The second-order valence-corrected chi connectivity index (χ2v) is 6.04. The summed E-state index contributed by atoms with van der Waals surface area (Å²) < 4.78 is 0. The van der Waals surface area contributed by atoms with Gasteiger partial charge in [-0.25, -0.2) is 0 Å². The maximum atomic E-state index is 5.01. The van der Waals surface area contributed by atoms with Crippen molar-refractivity contribution in [1.29, 1.82) is 0 Å². The van der Waals surface area contributed by atoms with Crippen molar-refractivity contribution in [1.82, 2.24) is 0 Å². The highest BCUT2D eigenvalue weighted by Gasteiger charge is 2.00. The summed E-state index contributed by atoms with van der Waals surface area (Å²) in [5, 5.41) is 5.01. The van der Waals surface area contributed by atoms with E-state index in [1.807, 2.05) is 18.2 Å². The number of rotatable bonds is 3. The summed E-state index contributed by atoms with van der Waals surface area (Å²) in [6, 6.07) is 18.9. The summed E-state index contributed by atoms with van der Waals surface area (Å²) in [7, 11) is 0. The van der Waals surface area contributed by atoms with E-state index in [1.165, 1.54) is 21.5 Å². The van der Waals surface area contributed by atoms with Crippen molar-refractivity contribution in [2.45, 2.75) is 20.3 Å². The molecule has 3 aromatic rings. The number of terminal acetylenes is 1. The number of allylic oxidation sites excluding steroid dienone is 1. The lowest BCUT2D eigenvalue weighted by Gasteiger charge is -2.04. The van der Waals surface area contributed by atoms with E-state index in [2.05, 4.69) is 85.7 Å². The van der Waals surface area contributed by atoms with Gasteiger partial charge in [0.25, 0.3) is 0 Å². The average molecular weight is 325 g/mol. The Morgan fingerprint density at radius 2 is 1.72 bits per heavy atom. The normalized spacial score (nSPS) is 9.68. The molecule has 0 fully saturated rings. The molecule has 0 bridgehead atoms. The lowest BCUT2D eigenvalue weighted by molar-refractivity contribution is 0.833. The molecule has 0 amide bonds. The zero-order valence-electron chi connectivity index (χ0n) is 14.9. The molecule has 0 heterocycles. The van der Waals surface area contributed by atoms with E-state index in [1.54, 1.807) is 0 Å². The van der Waals surface area contributed by atoms with Crippen molar-refractivity contribution in [3.05, 3.63) is 72.5 Å². The van der Waals surface area contributed by atoms with E-state index in [-0.39, 0.29) is 0 Å². The minimum Gasteiger partial charge on any atom is -0.265 e. The molecule has 3 rings (SSSR count). The Balaban J connectivity index is 0.000000217. The quantitative estimate of drug-likeness (QED) is 0.220. The number of hydrogen-bond acceptors (Lipinski definition) is 1. The van der Waals surface area contributed by atoms with Gasteiger partial charge in [0.05, 0.1) is 5.69 Å². The van der Waals surface area contributed by atoms with Gasteiger partial charge in [0.15, 0.2) is 0 Å². The molecule has 25 heavy (non-hydrogen) atoms. The van der Waals surface area contributed by atoms with Crippen molar-refractivity contribution in [3.8, 4) is 12.3 Å². The molecule has 0 radical (unpaired) electrons. The van der Waals surface area contributed by atoms with Gasteiger partial charge in [0.2, 0.25) is 0 Å². The molecule has 124 valence electrons. The van der Waals surface area contributed by atoms with E-state index in [0.29, 0.717) is 12.3 Å². The molecule has 0 aromatic heterocycles. The maximum Gasteiger partial charge on any atom is 0.0628 e. The van der Waals surface area contributed by atoms with Gasteiger partial charge in [0.1, 0.15) is 0 Å². The van der Waals surface area contributed by atoms with Gasteiger partial charge >= 0.3 is 0 Å². The molecular weight excluding hydrogens is 302 g/mol. The second-order valence-electron chi connectivity index (χ2n) is 6.04. The van der Waals surface area contributed by atoms with Crippen molar-refractivity contribution in [2.75, 3.05) is 0 Å². The molecule has 0 saturated carbocycles. The van der Waals surface area contributed by atoms with Gasteiger partial charge in [-0.1, -0.05) is 56.3 Å². The fourth-order valence-electron chi connectivity index (χ4n) is 2.47. The van der Waals surface area contributed by atoms with Crippen LogP contribution in [-0.2, 0) is 0 Å². The molecule has 0 N–H and O–H groups in total. The summed E-state index contributed by atoms with van der Waals surface area (Å²) in [5.41, 5.74) is 3.91. The van der Waals surface area contributed by atoms with Gasteiger partial charge in [0, 0.05) is 6.42 Å². The second kappa shape index (κ2) is 9.28. The van der Waals surface area contributed by atoms with Gasteiger partial charge < -0.3 is 0 Å². The molecule has 0 spiro atoms. The van der Waals surface area contributed by atoms with E-state index in [0.717, 1.165) is 5.69 Å². The molecule has 0 saturated heterocycles. The van der Waals surface area contributed by atoms with Gasteiger partial charge in [-0.2, -0.15) is 0 Å². The Morgan fingerprint density at radius 3 is 2.40 bits per heavy atom. The summed E-state index contributed by atoms with van der Waals surface area (Å²) in [6.45, 7) is 7.78. The van der Waals surface area contributed by atoms with Crippen LogP contribution in [-0.4, -0.2) is 6.72 Å². The molecule has 1 nitrogen and oxygen atoms in total. The molecule has 3 aromatic carbocycles. The van der Waals surface area contributed by atoms with Gasteiger partial charge in [-0.15, -0.1) is 18.1 Å². The molecule has 0 aliphatic rings. The average Bonchev–Trinajstić information content (AvgIpc) is 2.65. The Morgan fingerprint density at radius 1 is 1.04 bits per heavy atom. The van der Waals surface area contributed by atoms with Crippen LogP contribution < -0.4 is 0 Å². The van der Waals surface area contributed by atoms with E-state index < -0.39 is 0 Å². The number of nitrogens with zero attached hydrogens (tertiary/aromatic N) is 1. The third kappa shape index (κ3) is 5.21. The highest BCUT2D eigenvalue weighted by atomic mass is 14.7. The first kappa shape index (κ1) is 18.3. The fraction of sp³-hybridized carbons (Fsp3) is 0.167. The molecule has 1 heteroatoms. The monoisotopic (exact) mass is 325 g/mol. The fourth-order valence-corrected chi connectivity index (χ4v) is 2.47. The van der Waals surface area contributed by atoms with Crippen LogP contribution in [0, 0.1) is 18.3 Å². The Kier molecular flexibility index (Phi) is 6.78. The maximum absolute atomic E-state index is 5.01. The van der Waals surface area contributed by atoms with Crippen molar-refractivity contribution >= 4 is 33.9 Å². The summed E-state index contributed by atoms with van der Waals surface area (Å²) >= 11 is 0. The van der Waals surface area contributed by atoms with Crippen LogP contribution in [0.25, 0.3) is 21.5 Å². The van der Waals surface area contributed by atoms with Crippen LogP contribution in [0.1, 0.15) is 20.3 Å². The molecule has 0 unspecified atom stereocenters. The van der Waals surface area contributed by atoms with Gasteiger partial charge in [-0.3, -0.25) is 4.99 Å². The Hall–Kier alpha value is -3.07. The Bertz CT molecular complexity index is 964. The molecule has 0 aliphatic heterocycles. The van der Waals surface area contributed by atoms with Crippen LogP contribution >= 0.6 is 0 Å². The molecule has 0 aliphatic carbocycles. The zero-order valence-corrected chi connectivity index (χ0v) is 14.9. The van der Waals surface area contributed by atoms with E-state index in [9.17, 15) is 0 Å². The van der Waals surface area contributed by atoms with E-state index >= 15 is 0 Å².